The summed E-state index contributed by atoms with van der Waals surface area (Å²) in [4.78, 5) is 23.9. The van der Waals surface area contributed by atoms with E-state index in [0.717, 1.165) is 54.8 Å². The van der Waals surface area contributed by atoms with Crippen LogP contribution in [0.4, 0.5) is 0 Å². The lowest BCUT2D eigenvalue weighted by Gasteiger charge is -2.58. The van der Waals surface area contributed by atoms with E-state index >= 15 is 0 Å². The van der Waals surface area contributed by atoms with Gasteiger partial charge in [-0.3, -0.25) is 9.59 Å². The van der Waals surface area contributed by atoms with Gasteiger partial charge < -0.3 is 9.47 Å². The van der Waals surface area contributed by atoms with Gasteiger partial charge in [-0.15, -0.1) is 0 Å². The van der Waals surface area contributed by atoms with Gasteiger partial charge in [-0.25, -0.2) is 0 Å². The number of hydrogen-bond acceptors (Lipinski definition) is 4. The topological polar surface area (TPSA) is 52.6 Å². The number of carbonyl (C=O) groups is 2. The van der Waals surface area contributed by atoms with Crippen molar-refractivity contribution in [3.8, 4) is 0 Å². The molecule has 0 aliphatic heterocycles. The Morgan fingerprint density at radius 3 is 2.50 bits per heavy atom. The number of fused-ring (bicyclic) bond motifs is 5. The minimum atomic E-state index is -0.489. The Bertz CT molecular complexity index is 830. The molecule has 0 heterocycles. The van der Waals surface area contributed by atoms with Gasteiger partial charge in [0.25, 0.3) is 0 Å². The quantitative estimate of drug-likeness (QED) is 0.183. The maximum absolute atomic E-state index is 12.3. The largest absolute Gasteiger partial charge is 0.466 e. The molecule has 8 atom stereocenters. The predicted octanol–water partition coefficient (Wildman–Crippen LogP) is 7.89. The van der Waals surface area contributed by atoms with E-state index in [-0.39, 0.29) is 17.9 Å². The Kier molecular flexibility index (Phi) is 8.62. The zero-order valence-corrected chi connectivity index (χ0v) is 23.9. The van der Waals surface area contributed by atoms with Crippen LogP contribution in [0.25, 0.3) is 0 Å². The van der Waals surface area contributed by atoms with Gasteiger partial charge in [0.2, 0.25) is 0 Å². The number of hydrogen-bond donors (Lipinski definition) is 0. The molecule has 0 aromatic carbocycles. The Morgan fingerprint density at radius 1 is 1.00 bits per heavy atom. The van der Waals surface area contributed by atoms with Crippen LogP contribution in [-0.4, -0.2) is 24.6 Å². The van der Waals surface area contributed by atoms with Gasteiger partial charge in [0.1, 0.15) is 12.5 Å². The molecule has 0 aromatic heterocycles. The van der Waals surface area contributed by atoms with Gasteiger partial charge in [0.15, 0.2) is 0 Å². The van der Waals surface area contributed by atoms with Crippen LogP contribution in [0.3, 0.4) is 0 Å². The number of esters is 2. The first-order chi connectivity index (χ1) is 17.1. The minimum Gasteiger partial charge on any atom is -0.466 e. The zero-order valence-electron chi connectivity index (χ0n) is 23.9. The van der Waals surface area contributed by atoms with Crippen LogP contribution in [0, 0.1) is 46.3 Å². The van der Waals surface area contributed by atoms with Crippen LogP contribution in [0.15, 0.2) is 11.6 Å². The lowest BCUT2D eigenvalue weighted by atomic mass is 9.47. The fourth-order valence-electron chi connectivity index (χ4n) is 9.31. The van der Waals surface area contributed by atoms with E-state index in [1.54, 1.807) is 6.92 Å². The van der Waals surface area contributed by atoms with Crippen LogP contribution in [-0.2, 0) is 19.1 Å². The van der Waals surface area contributed by atoms with Gasteiger partial charge in [-0.05, 0) is 98.2 Å². The Morgan fingerprint density at radius 2 is 1.78 bits per heavy atom. The summed E-state index contributed by atoms with van der Waals surface area (Å²) in [5, 5.41) is 0. The molecule has 4 nitrogen and oxygen atoms in total. The smallest absolute Gasteiger partial charge is 0.317 e. The molecule has 0 saturated heterocycles. The summed E-state index contributed by atoms with van der Waals surface area (Å²) in [6.45, 7) is 14.5. The summed E-state index contributed by atoms with van der Waals surface area (Å²) in [5.74, 6) is 4.07. The Hall–Kier alpha value is -1.32. The summed E-state index contributed by atoms with van der Waals surface area (Å²) in [6.07, 6.45) is 16.0. The molecule has 4 aliphatic rings. The second kappa shape index (κ2) is 11.2. The maximum Gasteiger partial charge on any atom is 0.317 e. The molecule has 36 heavy (non-hydrogen) atoms. The Balaban J connectivity index is 1.39. The van der Waals surface area contributed by atoms with E-state index in [4.69, 9.17) is 9.47 Å². The van der Waals surface area contributed by atoms with E-state index < -0.39 is 11.9 Å². The molecule has 4 heteroatoms. The molecule has 3 saturated carbocycles. The molecule has 3 fully saturated rings. The first kappa shape index (κ1) is 27.7. The van der Waals surface area contributed by atoms with Crippen LogP contribution < -0.4 is 0 Å². The van der Waals surface area contributed by atoms with Gasteiger partial charge in [-0.2, -0.15) is 0 Å². The van der Waals surface area contributed by atoms with Crippen molar-refractivity contribution in [2.24, 2.45) is 46.3 Å². The third-order valence-corrected chi connectivity index (χ3v) is 11.2. The van der Waals surface area contributed by atoms with Gasteiger partial charge >= 0.3 is 11.9 Å². The molecule has 1 unspecified atom stereocenters. The molecule has 0 amide bonds. The normalized spacial score (nSPS) is 38.4. The monoisotopic (exact) mass is 500 g/mol. The molecule has 204 valence electrons. The molecule has 0 aromatic rings. The highest BCUT2D eigenvalue weighted by atomic mass is 16.6. The molecular formula is C32H52O4. The summed E-state index contributed by atoms with van der Waals surface area (Å²) >= 11 is 0. The summed E-state index contributed by atoms with van der Waals surface area (Å²) in [6, 6.07) is 0. The highest BCUT2D eigenvalue weighted by Crippen LogP contribution is 2.67. The van der Waals surface area contributed by atoms with E-state index in [9.17, 15) is 9.59 Å². The fraction of sp³-hybridized carbons (Fsp3) is 0.875. The minimum absolute atomic E-state index is 0.0980. The Labute approximate surface area is 220 Å². The van der Waals surface area contributed by atoms with Crippen molar-refractivity contribution in [1.82, 2.24) is 0 Å². The highest BCUT2D eigenvalue weighted by Gasteiger charge is 2.59. The average molecular weight is 501 g/mol. The van der Waals surface area contributed by atoms with Crippen LogP contribution in [0.5, 0.6) is 0 Å². The summed E-state index contributed by atoms with van der Waals surface area (Å²) < 4.78 is 10.6. The van der Waals surface area contributed by atoms with E-state index in [0.29, 0.717) is 12.0 Å². The van der Waals surface area contributed by atoms with Crippen molar-refractivity contribution in [2.45, 2.75) is 125 Å². The van der Waals surface area contributed by atoms with E-state index in [1.807, 2.05) is 0 Å². The van der Waals surface area contributed by atoms with Crippen molar-refractivity contribution < 1.29 is 19.1 Å². The summed E-state index contributed by atoms with van der Waals surface area (Å²) in [5.41, 5.74) is 2.28. The van der Waals surface area contributed by atoms with Crippen molar-refractivity contribution in [3.63, 3.8) is 0 Å². The summed E-state index contributed by atoms with van der Waals surface area (Å²) in [7, 11) is 0. The molecular weight excluding hydrogens is 448 g/mol. The third kappa shape index (κ3) is 5.44. The van der Waals surface area contributed by atoms with Crippen LogP contribution in [0.2, 0.25) is 0 Å². The zero-order chi connectivity index (χ0) is 26.1. The molecule has 0 bridgehead atoms. The van der Waals surface area contributed by atoms with Crippen molar-refractivity contribution in [2.75, 3.05) is 6.61 Å². The second-order valence-electron chi connectivity index (χ2n) is 13.6. The standard InChI is InChI=1S/C32H52O4/c1-7-35-29(33)20-30(34)36-24-15-17-31(5)23(19-24)11-12-25-27-14-13-26(22(4)10-8-9-21(2)3)32(27,6)18-16-28(25)31/h11,21-22,24-28H,7-10,12-20H2,1-6H3/t22?,24-,25-,26+,27-,28-,31-,32+/m0/s1. The van der Waals surface area contributed by atoms with Gasteiger partial charge in [0, 0.05) is 6.42 Å². The number of allylic oxidation sites excluding steroid dienone is 1. The predicted molar refractivity (Wildman–Crippen MR) is 144 cm³/mol. The van der Waals surface area contributed by atoms with Crippen molar-refractivity contribution in [1.29, 1.82) is 0 Å². The SMILES string of the molecule is CCOC(=O)CC(=O)O[C@H]1CC[C@@]2(C)C(=CC[C@H]3[C@@H]4CC[C@H](C(C)CCCC(C)C)[C@@]4(C)CC[C@@H]32)C1. The van der Waals surface area contributed by atoms with E-state index in [2.05, 4.69) is 40.7 Å². The lowest BCUT2D eigenvalue weighted by Crippen LogP contribution is -2.51. The highest BCUT2D eigenvalue weighted by molar-refractivity contribution is 5.91. The lowest BCUT2D eigenvalue weighted by molar-refractivity contribution is -0.159. The van der Waals surface area contributed by atoms with Crippen molar-refractivity contribution >= 4 is 11.9 Å². The van der Waals surface area contributed by atoms with Gasteiger partial charge in [-0.1, -0.05) is 65.5 Å². The van der Waals surface area contributed by atoms with E-state index in [1.165, 1.54) is 56.9 Å². The maximum atomic E-state index is 12.3. The molecule has 0 spiro atoms. The number of carbonyl (C=O) groups excluding carboxylic acids is 2. The average Bonchev–Trinajstić information content (AvgIpc) is 3.16. The molecule has 4 aliphatic carbocycles. The number of rotatable bonds is 9. The first-order valence-corrected chi connectivity index (χ1v) is 15.1. The number of ether oxygens (including phenoxy) is 2. The fourth-order valence-corrected chi connectivity index (χ4v) is 9.31. The second-order valence-corrected chi connectivity index (χ2v) is 13.6. The van der Waals surface area contributed by atoms with Crippen molar-refractivity contribution in [3.05, 3.63) is 11.6 Å². The first-order valence-electron chi connectivity index (χ1n) is 15.1. The molecule has 0 N–H and O–H groups in total. The molecule has 0 radical (unpaired) electrons. The third-order valence-electron chi connectivity index (χ3n) is 11.2. The molecule has 4 rings (SSSR count). The van der Waals surface area contributed by atoms with Crippen LogP contribution >= 0.6 is 0 Å². The van der Waals surface area contributed by atoms with Gasteiger partial charge in [0.05, 0.1) is 6.61 Å². The van der Waals surface area contributed by atoms with Crippen LogP contribution in [0.1, 0.15) is 119 Å².